The molecule has 102 valence electrons. The van der Waals surface area contributed by atoms with Gasteiger partial charge in [0, 0.05) is 25.7 Å². The van der Waals surface area contributed by atoms with Gasteiger partial charge in [-0.25, -0.2) is 4.98 Å². The summed E-state index contributed by atoms with van der Waals surface area (Å²) in [4.78, 5) is 18.2. The molecule has 2 aromatic rings. The SMILES string of the molecule is CN(C)CCNC(=O)c1ccc2nc(Cl)n(C)c2c1. The number of aryl methyl sites for hydroxylation is 1. The molecule has 0 spiro atoms. The van der Waals surface area contributed by atoms with Gasteiger partial charge in [0.1, 0.15) is 0 Å². The van der Waals surface area contributed by atoms with Crippen molar-refractivity contribution >= 4 is 28.5 Å². The topological polar surface area (TPSA) is 50.2 Å². The summed E-state index contributed by atoms with van der Waals surface area (Å²) in [6.45, 7) is 1.43. The molecule has 0 bridgehead atoms. The van der Waals surface area contributed by atoms with Gasteiger partial charge in [-0.1, -0.05) is 0 Å². The zero-order valence-electron chi connectivity index (χ0n) is 11.3. The predicted molar refractivity (Wildman–Crippen MR) is 76.6 cm³/mol. The number of nitrogens with zero attached hydrogens (tertiary/aromatic N) is 3. The molecule has 1 heterocycles. The van der Waals surface area contributed by atoms with Gasteiger partial charge in [-0.2, -0.15) is 0 Å². The largest absolute Gasteiger partial charge is 0.351 e. The third-order valence-electron chi connectivity index (χ3n) is 2.93. The Morgan fingerprint density at radius 1 is 1.47 bits per heavy atom. The second-order valence-electron chi connectivity index (χ2n) is 4.70. The second-order valence-corrected chi connectivity index (χ2v) is 5.04. The average molecular weight is 281 g/mol. The number of benzene rings is 1. The van der Waals surface area contributed by atoms with Crippen molar-refractivity contribution in [1.82, 2.24) is 19.8 Å². The second kappa shape index (κ2) is 5.59. The van der Waals surface area contributed by atoms with E-state index in [-0.39, 0.29) is 5.91 Å². The number of rotatable bonds is 4. The van der Waals surface area contributed by atoms with Crippen LogP contribution in [0.3, 0.4) is 0 Å². The summed E-state index contributed by atoms with van der Waals surface area (Å²) >= 11 is 5.95. The molecular weight excluding hydrogens is 264 g/mol. The highest BCUT2D eigenvalue weighted by Gasteiger charge is 2.10. The summed E-state index contributed by atoms with van der Waals surface area (Å²) in [5.41, 5.74) is 2.26. The molecule has 1 N–H and O–H groups in total. The molecule has 1 aromatic heterocycles. The average Bonchev–Trinajstić information content (AvgIpc) is 2.64. The fourth-order valence-corrected chi connectivity index (χ4v) is 1.98. The van der Waals surface area contributed by atoms with Gasteiger partial charge in [0.05, 0.1) is 11.0 Å². The lowest BCUT2D eigenvalue weighted by molar-refractivity contribution is 0.0951. The molecule has 0 unspecified atom stereocenters. The number of hydrogen-bond acceptors (Lipinski definition) is 3. The first kappa shape index (κ1) is 13.8. The number of nitrogens with one attached hydrogen (secondary N) is 1. The number of hydrogen-bond donors (Lipinski definition) is 1. The number of likely N-dealkylation sites (N-methyl/N-ethyl adjacent to an activating group) is 1. The van der Waals surface area contributed by atoms with Crippen LogP contribution in [-0.2, 0) is 7.05 Å². The van der Waals surface area contributed by atoms with E-state index in [4.69, 9.17) is 11.6 Å². The van der Waals surface area contributed by atoms with Crippen molar-refractivity contribution in [1.29, 1.82) is 0 Å². The normalized spacial score (nSPS) is 11.2. The molecule has 2 rings (SSSR count). The summed E-state index contributed by atoms with van der Waals surface area (Å²) in [6, 6.07) is 5.37. The molecule has 0 saturated heterocycles. The number of carbonyl (C=O) groups excluding carboxylic acids is 1. The maximum absolute atomic E-state index is 12.0. The summed E-state index contributed by atoms with van der Waals surface area (Å²) < 4.78 is 1.76. The van der Waals surface area contributed by atoms with Gasteiger partial charge < -0.3 is 14.8 Å². The molecule has 0 atom stereocenters. The lowest BCUT2D eigenvalue weighted by atomic mass is 10.2. The van der Waals surface area contributed by atoms with Crippen LogP contribution in [0, 0.1) is 0 Å². The van der Waals surface area contributed by atoms with Gasteiger partial charge in [0.15, 0.2) is 0 Å². The molecular formula is C13H17ClN4O. The Hall–Kier alpha value is -1.59. The summed E-state index contributed by atoms with van der Waals surface area (Å²) in [7, 11) is 5.76. The van der Waals surface area contributed by atoms with Crippen molar-refractivity contribution in [2.75, 3.05) is 27.2 Å². The van der Waals surface area contributed by atoms with Crippen LogP contribution in [0.4, 0.5) is 0 Å². The van der Waals surface area contributed by atoms with Crippen LogP contribution in [0.25, 0.3) is 11.0 Å². The molecule has 0 aliphatic rings. The molecule has 5 nitrogen and oxygen atoms in total. The molecule has 0 aliphatic carbocycles. The van der Waals surface area contributed by atoms with E-state index in [0.717, 1.165) is 17.6 Å². The molecule has 6 heteroatoms. The van der Waals surface area contributed by atoms with Gasteiger partial charge in [0.25, 0.3) is 5.91 Å². The first-order chi connectivity index (χ1) is 8.99. The molecule has 1 amide bonds. The minimum absolute atomic E-state index is 0.0823. The highest BCUT2D eigenvalue weighted by Crippen LogP contribution is 2.19. The Morgan fingerprint density at radius 2 is 2.21 bits per heavy atom. The molecule has 19 heavy (non-hydrogen) atoms. The summed E-state index contributed by atoms with van der Waals surface area (Å²) in [6.07, 6.45) is 0. The molecule has 0 radical (unpaired) electrons. The van der Waals surface area contributed by atoms with Gasteiger partial charge in [0.2, 0.25) is 5.28 Å². The summed E-state index contributed by atoms with van der Waals surface area (Å²) in [5, 5.41) is 3.29. The standard InChI is InChI=1S/C13H17ClN4O/c1-17(2)7-6-15-12(19)9-4-5-10-11(8-9)18(3)13(14)16-10/h4-5,8H,6-7H2,1-3H3,(H,15,19). The van der Waals surface area contributed by atoms with E-state index in [1.54, 1.807) is 16.7 Å². The van der Waals surface area contributed by atoms with E-state index in [0.29, 0.717) is 17.4 Å². The van der Waals surface area contributed by atoms with Crippen LogP contribution in [-0.4, -0.2) is 47.5 Å². The van der Waals surface area contributed by atoms with Crippen LogP contribution in [0.1, 0.15) is 10.4 Å². The minimum Gasteiger partial charge on any atom is -0.351 e. The molecule has 0 saturated carbocycles. The Morgan fingerprint density at radius 3 is 2.89 bits per heavy atom. The van der Waals surface area contributed by atoms with E-state index in [1.807, 2.05) is 32.1 Å². The van der Waals surface area contributed by atoms with Crippen molar-refractivity contribution in [2.45, 2.75) is 0 Å². The van der Waals surface area contributed by atoms with Crippen molar-refractivity contribution in [2.24, 2.45) is 7.05 Å². The van der Waals surface area contributed by atoms with Crippen LogP contribution in [0.2, 0.25) is 5.28 Å². The van der Waals surface area contributed by atoms with E-state index >= 15 is 0 Å². The Labute approximate surface area is 117 Å². The maximum Gasteiger partial charge on any atom is 0.251 e. The van der Waals surface area contributed by atoms with Gasteiger partial charge in [-0.05, 0) is 43.9 Å². The number of aromatic nitrogens is 2. The predicted octanol–water partition coefficient (Wildman–Crippen LogP) is 1.52. The van der Waals surface area contributed by atoms with Crippen molar-refractivity contribution < 1.29 is 4.79 Å². The van der Waals surface area contributed by atoms with Crippen LogP contribution in [0.15, 0.2) is 18.2 Å². The van der Waals surface area contributed by atoms with Crippen molar-refractivity contribution in [3.8, 4) is 0 Å². The lowest BCUT2D eigenvalue weighted by Gasteiger charge is -2.10. The van der Waals surface area contributed by atoms with E-state index in [2.05, 4.69) is 10.3 Å². The number of carbonyl (C=O) groups is 1. The maximum atomic E-state index is 12.0. The Bertz CT molecular complexity index is 606. The van der Waals surface area contributed by atoms with Crippen LogP contribution >= 0.6 is 11.6 Å². The van der Waals surface area contributed by atoms with Crippen molar-refractivity contribution in [3.63, 3.8) is 0 Å². The smallest absolute Gasteiger partial charge is 0.251 e. The van der Waals surface area contributed by atoms with E-state index in [9.17, 15) is 4.79 Å². The molecule has 0 fully saturated rings. The first-order valence-electron chi connectivity index (χ1n) is 6.04. The van der Waals surface area contributed by atoms with Crippen LogP contribution < -0.4 is 5.32 Å². The van der Waals surface area contributed by atoms with E-state index in [1.165, 1.54) is 0 Å². The quantitative estimate of drug-likeness (QED) is 0.924. The zero-order chi connectivity index (χ0) is 14.0. The Kier molecular flexibility index (Phi) is 4.07. The third kappa shape index (κ3) is 3.05. The summed E-state index contributed by atoms with van der Waals surface area (Å²) in [5.74, 6) is -0.0823. The zero-order valence-corrected chi connectivity index (χ0v) is 12.0. The van der Waals surface area contributed by atoms with Gasteiger partial charge >= 0.3 is 0 Å². The van der Waals surface area contributed by atoms with Gasteiger partial charge in [-0.15, -0.1) is 0 Å². The Balaban J connectivity index is 2.16. The lowest BCUT2D eigenvalue weighted by Crippen LogP contribution is -2.31. The van der Waals surface area contributed by atoms with Crippen molar-refractivity contribution in [3.05, 3.63) is 29.0 Å². The minimum atomic E-state index is -0.0823. The monoisotopic (exact) mass is 280 g/mol. The molecule has 1 aromatic carbocycles. The first-order valence-corrected chi connectivity index (χ1v) is 6.41. The number of halogens is 1. The fraction of sp³-hybridized carbons (Fsp3) is 0.385. The highest BCUT2D eigenvalue weighted by atomic mass is 35.5. The highest BCUT2D eigenvalue weighted by molar-refractivity contribution is 6.29. The third-order valence-corrected chi connectivity index (χ3v) is 3.27. The number of imidazole rings is 1. The fourth-order valence-electron chi connectivity index (χ4n) is 1.80. The number of amides is 1. The molecule has 0 aliphatic heterocycles. The van der Waals surface area contributed by atoms with E-state index < -0.39 is 0 Å². The van der Waals surface area contributed by atoms with Gasteiger partial charge in [-0.3, -0.25) is 4.79 Å². The number of fused-ring (bicyclic) bond motifs is 1. The van der Waals surface area contributed by atoms with Crippen LogP contribution in [0.5, 0.6) is 0 Å².